The lowest BCUT2D eigenvalue weighted by Crippen LogP contribution is -2.38. The minimum Gasteiger partial charge on any atom is -0.303 e. The maximum atomic E-state index is 8.93. The van der Waals surface area contributed by atoms with Crippen LogP contribution in [-0.2, 0) is 6.54 Å². The van der Waals surface area contributed by atoms with E-state index in [1.807, 2.05) is 13.0 Å². The summed E-state index contributed by atoms with van der Waals surface area (Å²) in [5, 5.41) is 24.4. The fourth-order valence-electron chi connectivity index (χ4n) is 1.29. The molecule has 6 nitrogen and oxygen atoms in total. The summed E-state index contributed by atoms with van der Waals surface area (Å²) < 4.78 is 1.62. The molecule has 0 fully saturated rings. The van der Waals surface area contributed by atoms with Gasteiger partial charge < -0.3 is 5.32 Å². The third kappa shape index (κ3) is 3.04. The lowest BCUT2D eigenvalue weighted by molar-refractivity contribution is 0.415. The molecule has 1 atom stereocenters. The Morgan fingerprint density at radius 1 is 1.56 bits per heavy atom. The van der Waals surface area contributed by atoms with Gasteiger partial charge in [-0.05, 0) is 26.8 Å². The predicted molar refractivity (Wildman–Crippen MR) is 57.0 cm³/mol. The highest BCUT2D eigenvalue weighted by molar-refractivity contribution is 5.05. The summed E-state index contributed by atoms with van der Waals surface area (Å²) in [6, 6.07) is 4.09. The van der Waals surface area contributed by atoms with Crippen molar-refractivity contribution in [3.8, 4) is 12.1 Å². The van der Waals surface area contributed by atoms with Gasteiger partial charge >= 0.3 is 0 Å². The predicted octanol–water partition coefficient (Wildman–Crippen LogP) is 0.432. The first kappa shape index (κ1) is 12.2. The van der Waals surface area contributed by atoms with Gasteiger partial charge in [0.05, 0.1) is 6.07 Å². The van der Waals surface area contributed by atoms with Crippen LogP contribution in [-0.4, -0.2) is 27.4 Å². The van der Waals surface area contributed by atoms with Crippen LogP contribution in [0.25, 0.3) is 0 Å². The van der Waals surface area contributed by atoms with Crippen molar-refractivity contribution in [1.29, 1.82) is 10.5 Å². The minimum atomic E-state index is -0.501. The number of nitriles is 2. The topological polar surface area (TPSA) is 90.3 Å². The normalized spacial score (nSPS) is 13.8. The van der Waals surface area contributed by atoms with Gasteiger partial charge in [-0.1, -0.05) is 0 Å². The van der Waals surface area contributed by atoms with Crippen molar-refractivity contribution in [1.82, 2.24) is 20.1 Å². The summed E-state index contributed by atoms with van der Waals surface area (Å²) in [6.45, 7) is 2.52. The zero-order valence-electron chi connectivity index (χ0n) is 9.43. The fourth-order valence-corrected chi connectivity index (χ4v) is 1.29. The SMILES string of the molecule is CNC(C)(C#N)CCCn1cnc(C#N)n1. The van der Waals surface area contributed by atoms with Crippen LogP contribution in [0.3, 0.4) is 0 Å². The molecule has 0 aliphatic carbocycles. The van der Waals surface area contributed by atoms with Crippen LogP contribution in [0.4, 0.5) is 0 Å². The van der Waals surface area contributed by atoms with Crippen molar-refractivity contribution in [2.45, 2.75) is 31.8 Å². The Morgan fingerprint density at radius 2 is 2.31 bits per heavy atom. The van der Waals surface area contributed by atoms with Gasteiger partial charge in [-0.3, -0.25) is 4.68 Å². The van der Waals surface area contributed by atoms with Gasteiger partial charge in [0.15, 0.2) is 0 Å². The molecule has 1 aromatic heterocycles. The molecule has 84 valence electrons. The summed E-state index contributed by atoms with van der Waals surface area (Å²) in [4.78, 5) is 3.80. The molecule has 16 heavy (non-hydrogen) atoms. The Hall–Kier alpha value is -1.92. The van der Waals surface area contributed by atoms with E-state index < -0.39 is 5.54 Å². The van der Waals surface area contributed by atoms with Crippen molar-refractivity contribution in [2.75, 3.05) is 7.05 Å². The molecule has 1 unspecified atom stereocenters. The van der Waals surface area contributed by atoms with E-state index in [4.69, 9.17) is 10.5 Å². The quantitative estimate of drug-likeness (QED) is 0.774. The maximum absolute atomic E-state index is 8.93. The Labute approximate surface area is 94.5 Å². The van der Waals surface area contributed by atoms with Gasteiger partial charge in [-0.2, -0.15) is 10.5 Å². The zero-order valence-corrected chi connectivity index (χ0v) is 9.43. The van der Waals surface area contributed by atoms with E-state index in [1.54, 1.807) is 11.7 Å². The van der Waals surface area contributed by atoms with Gasteiger partial charge in [0.2, 0.25) is 0 Å². The van der Waals surface area contributed by atoms with E-state index in [-0.39, 0.29) is 5.82 Å². The first-order valence-electron chi connectivity index (χ1n) is 5.03. The molecule has 6 heteroatoms. The number of nitrogens with one attached hydrogen (secondary N) is 1. The van der Waals surface area contributed by atoms with E-state index in [0.29, 0.717) is 6.54 Å². The van der Waals surface area contributed by atoms with Crippen LogP contribution in [0, 0.1) is 22.7 Å². The molecule has 0 saturated carbocycles. The van der Waals surface area contributed by atoms with Gasteiger partial charge in [0.25, 0.3) is 5.82 Å². The molecule has 1 rings (SSSR count). The van der Waals surface area contributed by atoms with Crippen molar-refractivity contribution >= 4 is 0 Å². The summed E-state index contributed by atoms with van der Waals surface area (Å²) in [5.74, 6) is 0.177. The highest BCUT2D eigenvalue weighted by Gasteiger charge is 2.20. The van der Waals surface area contributed by atoms with Crippen molar-refractivity contribution < 1.29 is 0 Å². The molecule has 0 aliphatic rings. The van der Waals surface area contributed by atoms with Gasteiger partial charge in [-0.15, -0.1) is 5.10 Å². The first-order valence-corrected chi connectivity index (χ1v) is 5.03. The lowest BCUT2D eigenvalue weighted by atomic mass is 9.98. The largest absolute Gasteiger partial charge is 0.303 e. The third-order valence-electron chi connectivity index (χ3n) is 2.50. The van der Waals surface area contributed by atoms with Crippen molar-refractivity contribution in [2.24, 2.45) is 0 Å². The smallest absolute Gasteiger partial charge is 0.252 e. The number of nitrogens with zero attached hydrogens (tertiary/aromatic N) is 5. The Morgan fingerprint density at radius 3 is 2.81 bits per heavy atom. The van der Waals surface area contributed by atoms with Crippen LogP contribution in [0.1, 0.15) is 25.6 Å². The fraction of sp³-hybridized carbons (Fsp3) is 0.600. The Balaban J connectivity index is 2.42. The molecular weight excluding hydrogens is 204 g/mol. The molecule has 0 bridgehead atoms. The van der Waals surface area contributed by atoms with E-state index in [9.17, 15) is 0 Å². The van der Waals surface area contributed by atoms with Crippen LogP contribution in [0.2, 0.25) is 0 Å². The standard InChI is InChI=1S/C10H14N6/c1-10(7-12,13-2)4-3-5-16-8-14-9(6-11)15-16/h8,13H,3-5H2,1-2H3. The molecule has 0 aromatic carbocycles. The first-order chi connectivity index (χ1) is 7.63. The molecule has 0 aliphatic heterocycles. The van der Waals surface area contributed by atoms with E-state index in [1.165, 1.54) is 6.33 Å². The summed E-state index contributed by atoms with van der Waals surface area (Å²) in [7, 11) is 1.77. The molecular formula is C10H14N6. The Bertz CT molecular complexity index is 423. The minimum absolute atomic E-state index is 0.177. The number of aryl methyl sites for hydroxylation is 1. The van der Waals surface area contributed by atoms with Crippen LogP contribution >= 0.6 is 0 Å². The summed E-state index contributed by atoms with van der Waals surface area (Å²) in [5.41, 5.74) is -0.501. The number of rotatable bonds is 5. The average molecular weight is 218 g/mol. The van der Waals surface area contributed by atoms with Gasteiger partial charge in [0, 0.05) is 6.54 Å². The Kier molecular flexibility index (Phi) is 3.98. The van der Waals surface area contributed by atoms with E-state index >= 15 is 0 Å². The molecule has 1 heterocycles. The van der Waals surface area contributed by atoms with Crippen LogP contribution < -0.4 is 5.32 Å². The molecule has 1 aromatic rings. The van der Waals surface area contributed by atoms with Crippen LogP contribution in [0.5, 0.6) is 0 Å². The van der Waals surface area contributed by atoms with Gasteiger partial charge in [0.1, 0.15) is 17.9 Å². The molecule has 0 spiro atoms. The number of hydrogen-bond donors (Lipinski definition) is 1. The second kappa shape index (κ2) is 5.24. The second-order valence-corrected chi connectivity index (χ2v) is 3.74. The molecule has 0 amide bonds. The molecule has 1 N–H and O–H groups in total. The number of hydrogen-bond acceptors (Lipinski definition) is 5. The molecule has 0 saturated heterocycles. The van der Waals surface area contributed by atoms with E-state index in [0.717, 1.165) is 12.8 Å². The van der Waals surface area contributed by atoms with Crippen molar-refractivity contribution in [3.63, 3.8) is 0 Å². The lowest BCUT2D eigenvalue weighted by Gasteiger charge is -2.20. The average Bonchev–Trinajstić information content (AvgIpc) is 2.77. The monoisotopic (exact) mass is 218 g/mol. The van der Waals surface area contributed by atoms with E-state index in [2.05, 4.69) is 21.5 Å². The summed E-state index contributed by atoms with van der Waals surface area (Å²) >= 11 is 0. The number of aromatic nitrogens is 3. The van der Waals surface area contributed by atoms with Gasteiger partial charge in [-0.25, -0.2) is 4.98 Å². The zero-order chi connectivity index (χ0) is 12.0. The van der Waals surface area contributed by atoms with Crippen molar-refractivity contribution in [3.05, 3.63) is 12.2 Å². The maximum Gasteiger partial charge on any atom is 0.252 e. The molecule has 0 radical (unpaired) electrons. The second-order valence-electron chi connectivity index (χ2n) is 3.74. The summed E-state index contributed by atoms with van der Waals surface area (Å²) in [6.07, 6.45) is 3.06. The van der Waals surface area contributed by atoms with Crippen LogP contribution in [0.15, 0.2) is 6.33 Å². The highest BCUT2D eigenvalue weighted by Crippen LogP contribution is 2.10. The highest BCUT2D eigenvalue weighted by atomic mass is 15.3. The third-order valence-corrected chi connectivity index (χ3v) is 2.50.